The van der Waals surface area contributed by atoms with Crippen LogP contribution in [-0.2, 0) is 9.30 Å². The Balaban J connectivity index is -0.00000298. The third kappa shape index (κ3) is 52.2. The van der Waals surface area contributed by atoms with Crippen molar-refractivity contribution in [2.45, 2.75) is 233 Å². The van der Waals surface area contributed by atoms with Crippen molar-refractivity contribution in [2.75, 3.05) is 13.2 Å². The number of rotatable bonds is 36. The summed E-state index contributed by atoms with van der Waals surface area (Å²) in [5.74, 6) is 1.61. The third-order valence-corrected chi connectivity index (χ3v) is 9.57. The van der Waals surface area contributed by atoms with E-state index in [0.29, 0.717) is 0 Å². The Kier molecular flexibility index (Phi) is 49.5. The second-order valence-corrected chi connectivity index (χ2v) is 15.4. The van der Waals surface area contributed by atoms with Crippen molar-refractivity contribution in [3.05, 3.63) is 0 Å². The average molecular weight is 717 g/mol. The van der Waals surface area contributed by atoms with Crippen molar-refractivity contribution in [3.63, 3.8) is 0 Å². The summed E-state index contributed by atoms with van der Waals surface area (Å²) < 4.78 is 15.5. The van der Waals surface area contributed by atoms with Crippen LogP contribution in [0.5, 0.6) is 0 Å². The molecule has 2 atom stereocenters. The van der Waals surface area contributed by atoms with Crippen molar-refractivity contribution in [1.29, 1.82) is 0 Å². The first-order chi connectivity index (χ1) is 22.3. The zero-order chi connectivity index (χ0) is 34.4. The molecule has 0 aromatic rings. The Labute approximate surface area is 338 Å². The van der Waals surface area contributed by atoms with E-state index in [4.69, 9.17) is 24.0 Å². The summed E-state index contributed by atoms with van der Waals surface area (Å²) >= 11 is 0. The molecule has 0 aromatic carbocycles. The molecule has 0 aliphatic rings. The fourth-order valence-electron chi connectivity index (χ4n) is 6.58. The molecule has 7 heteroatoms. The SMILES string of the molecule is CCCCCCCCCCC(CCCCCCCC)COCC(CCCCCCCC)CCCCCCCCCC.O=P(O)(O)O.[KH]. The molecule has 0 heterocycles. The van der Waals surface area contributed by atoms with Crippen molar-refractivity contribution in [3.8, 4) is 0 Å². The van der Waals surface area contributed by atoms with Crippen LogP contribution < -0.4 is 0 Å². The Bertz CT molecular complexity index is 555. The molecule has 5 nitrogen and oxygen atoms in total. The summed E-state index contributed by atoms with van der Waals surface area (Å²) in [7, 11) is -4.64. The van der Waals surface area contributed by atoms with E-state index in [1.54, 1.807) is 0 Å². The van der Waals surface area contributed by atoms with Gasteiger partial charge in [0.15, 0.2) is 0 Å². The number of hydrogen-bond acceptors (Lipinski definition) is 2. The van der Waals surface area contributed by atoms with Gasteiger partial charge in [-0.2, -0.15) is 0 Å². The average Bonchev–Trinajstić information content (AvgIpc) is 3.01. The molecule has 0 radical (unpaired) electrons. The van der Waals surface area contributed by atoms with Crippen LogP contribution >= 0.6 is 7.82 Å². The predicted molar refractivity (Wildman–Crippen MR) is 210 cm³/mol. The summed E-state index contributed by atoms with van der Waals surface area (Å²) in [4.78, 5) is 21.6. The first-order valence-electron chi connectivity index (χ1n) is 20.6. The van der Waals surface area contributed by atoms with Gasteiger partial charge in [-0.1, -0.05) is 207 Å². The van der Waals surface area contributed by atoms with Gasteiger partial charge in [0.1, 0.15) is 0 Å². The first-order valence-corrected chi connectivity index (χ1v) is 22.2. The summed E-state index contributed by atoms with van der Waals surface area (Å²) in [5.41, 5.74) is 0. The maximum absolute atomic E-state index is 8.88. The van der Waals surface area contributed by atoms with E-state index in [0.717, 1.165) is 25.0 Å². The van der Waals surface area contributed by atoms with Gasteiger partial charge in [-0.3, -0.25) is 0 Å². The van der Waals surface area contributed by atoms with Crippen LogP contribution in [0, 0.1) is 11.8 Å². The van der Waals surface area contributed by atoms with Gasteiger partial charge in [0.05, 0.1) is 0 Å². The van der Waals surface area contributed by atoms with E-state index in [-0.39, 0.29) is 51.4 Å². The van der Waals surface area contributed by atoms with Crippen LogP contribution in [0.15, 0.2) is 0 Å². The van der Waals surface area contributed by atoms with Gasteiger partial charge >= 0.3 is 59.2 Å². The van der Waals surface area contributed by atoms with Gasteiger partial charge < -0.3 is 19.4 Å². The van der Waals surface area contributed by atoms with Crippen LogP contribution in [0.1, 0.15) is 233 Å². The molecule has 0 spiro atoms. The molecule has 3 N–H and O–H groups in total. The van der Waals surface area contributed by atoms with Crippen molar-refractivity contribution < 1.29 is 24.0 Å². The van der Waals surface area contributed by atoms with Crippen LogP contribution in [0.3, 0.4) is 0 Å². The molecule has 0 aliphatic carbocycles. The van der Waals surface area contributed by atoms with Crippen molar-refractivity contribution in [2.24, 2.45) is 11.8 Å². The molecule has 0 bridgehead atoms. The zero-order valence-electron chi connectivity index (χ0n) is 31.8. The molecule has 0 saturated heterocycles. The topological polar surface area (TPSA) is 87.0 Å². The molecule has 0 saturated carbocycles. The minimum atomic E-state index is -4.64. The number of hydrogen-bond donors (Lipinski definition) is 3. The molecular weight excluding hydrogens is 631 g/mol. The van der Waals surface area contributed by atoms with Crippen LogP contribution in [-0.4, -0.2) is 79.3 Å². The molecule has 0 aromatic heterocycles. The van der Waals surface area contributed by atoms with E-state index in [9.17, 15) is 0 Å². The summed E-state index contributed by atoms with van der Waals surface area (Å²) in [5, 5.41) is 0. The molecular formula is C40H86KO5P. The minimum absolute atomic E-state index is 0. The molecule has 0 rings (SSSR count). The fraction of sp³-hybridized carbons (Fsp3) is 1.00. The van der Waals surface area contributed by atoms with Gasteiger partial charge in [-0.25, -0.2) is 4.57 Å². The Morgan fingerprint density at radius 1 is 0.383 bits per heavy atom. The maximum atomic E-state index is 8.88. The third-order valence-electron chi connectivity index (χ3n) is 9.57. The van der Waals surface area contributed by atoms with Crippen LogP contribution in [0.2, 0.25) is 0 Å². The number of ether oxygens (including phenoxy) is 1. The van der Waals surface area contributed by atoms with Crippen molar-refractivity contribution in [1.82, 2.24) is 0 Å². The Morgan fingerprint density at radius 2 is 0.553 bits per heavy atom. The summed E-state index contributed by atoms with van der Waals surface area (Å²) in [6, 6.07) is 0. The van der Waals surface area contributed by atoms with Gasteiger partial charge in [-0.15, -0.1) is 0 Å². The summed E-state index contributed by atoms with van der Waals surface area (Å²) in [6.07, 6.45) is 45.6. The second kappa shape index (κ2) is 43.9. The Morgan fingerprint density at radius 3 is 0.745 bits per heavy atom. The van der Waals surface area contributed by atoms with Gasteiger partial charge in [-0.05, 0) is 37.5 Å². The van der Waals surface area contributed by atoms with Crippen molar-refractivity contribution >= 4 is 59.2 Å². The zero-order valence-corrected chi connectivity index (χ0v) is 32.7. The molecule has 0 fully saturated rings. The monoisotopic (exact) mass is 717 g/mol. The summed E-state index contributed by atoms with van der Waals surface area (Å²) in [6.45, 7) is 11.4. The second-order valence-electron chi connectivity index (χ2n) is 14.4. The van der Waals surface area contributed by atoms with Gasteiger partial charge in [0, 0.05) is 13.2 Å². The van der Waals surface area contributed by atoms with E-state index in [1.807, 2.05) is 0 Å². The first kappa shape index (κ1) is 53.1. The number of phosphoric acid groups is 1. The van der Waals surface area contributed by atoms with E-state index in [1.165, 1.54) is 205 Å². The van der Waals surface area contributed by atoms with E-state index >= 15 is 0 Å². The van der Waals surface area contributed by atoms with E-state index in [2.05, 4.69) is 27.7 Å². The fourth-order valence-corrected chi connectivity index (χ4v) is 6.58. The standard InChI is InChI=1S/C40H82O.K.H3O4P.H/c1-5-9-13-17-21-23-27-31-35-39(33-29-25-19-15-11-7-3)37-41-38-40(34-30-26-20-16-12-8-4)36-32-28-24-22-18-14-10-6-2;;1-5(2,3)4;/h39-40H,5-38H2,1-4H3;;(H3,1,2,3,4);. The molecule has 0 amide bonds. The predicted octanol–water partition coefficient (Wildman–Crippen LogP) is 13.2. The quantitative estimate of drug-likeness (QED) is 0.0341. The van der Waals surface area contributed by atoms with Gasteiger partial charge in [0.2, 0.25) is 0 Å². The Hall–Kier alpha value is 1.71. The van der Waals surface area contributed by atoms with Crippen LogP contribution in [0.25, 0.3) is 0 Å². The number of unbranched alkanes of at least 4 members (excludes halogenated alkanes) is 24. The molecule has 282 valence electrons. The van der Waals surface area contributed by atoms with Gasteiger partial charge in [0.25, 0.3) is 0 Å². The molecule has 47 heavy (non-hydrogen) atoms. The van der Waals surface area contributed by atoms with E-state index < -0.39 is 7.82 Å². The normalized spacial score (nSPS) is 12.7. The molecule has 2 unspecified atom stereocenters. The van der Waals surface area contributed by atoms with Crippen LogP contribution in [0.4, 0.5) is 0 Å². The molecule has 0 aliphatic heterocycles.